The van der Waals surface area contributed by atoms with Gasteiger partial charge >= 0.3 is 0 Å². The van der Waals surface area contributed by atoms with E-state index < -0.39 is 6.04 Å². The third kappa shape index (κ3) is 6.07. The number of fused-ring (bicyclic) bond motifs is 1. The van der Waals surface area contributed by atoms with E-state index in [1.807, 2.05) is 55.5 Å². The number of rotatable bonds is 9. The lowest BCUT2D eigenvalue weighted by molar-refractivity contribution is -0.113. The Balaban J connectivity index is 1.71. The number of allylic oxidation sites excluding steroid dienone is 1. The molecule has 0 spiro atoms. The van der Waals surface area contributed by atoms with E-state index in [4.69, 9.17) is 19.2 Å². The SMILES string of the molecule is C=CCOc1ccc(Br)cc1/C=c1\sc2n(c1=O)[C@@H](c1ccc(OC)c(OC)c1)C(C(=O)Nc1ccccc1C)=C(C)N=2. The lowest BCUT2D eigenvalue weighted by atomic mass is 9.94. The van der Waals surface area contributed by atoms with Gasteiger partial charge in [0.15, 0.2) is 16.3 Å². The minimum absolute atomic E-state index is 0.285. The van der Waals surface area contributed by atoms with Gasteiger partial charge in [-0.05, 0) is 67.4 Å². The number of carbonyl (C=O) groups is 1. The Kier molecular flexibility index (Phi) is 8.98. The molecule has 0 bridgehead atoms. The first kappa shape index (κ1) is 30.1. The molecular formula is C33H30BrN3O5S. The Bertz CT molecular complexity index is 1940. The maximum Gasteiger partial charge on any atom is 0.271 e. The van der Waals surface area contributed by atoms with Gasteiger partial charge in [-0.15, -0.1) is 0 Å². The zero-order valence-electron chi connectivity index (χ0n) is 24.1. The first-order valence-electron chi connectivity index (χ1n) is 13.4. The molecule has 2 heterocycles. The van der Waals surface area contributed by atoms with Gasteiger partial charge in [-0.2, -0.15) is 0 Å². The van der Waals surface area contributed by atoms with Gasteiger partial charge < -0.3 is 19.5 Å². The summed E-state index contributed by atoms with van der Waals surface area (Å²) in [5, 5.41) is 3.03. The van der Waals surface area contributed by atoms with Gasteiger partial charge in [0.05, 0.1) is 36.1 Å². The zero-order valence-corrected chi connectivity index (χ0v) is 26.5. The molecule has 3 aromatic carbocycles. The number of anilines is 1. The first-order chi connectivity index (χ1) is 20.7. The predicted octanol–water partition coefficient (Wildman–Crippen LogP) is 5.53. The van der Waals surface area contributed by atoms with Crippen molar-refractivity contribution in [3.63, 3.8) is 0 Å². The summed E-state index contributed by atoms with van der Waals surface area (Å²) in [6.45, 7) is 7.75. The van der Waals surface area contributed by atoms with E-state index in [9.17, 15) is 9.59 Å². The van der Waals surface area contributed by atoms with Gasteiger partial charge in [0.2, 0.25) is 0 Å². The van der Waals surface area contributed by atoms with Crippen molar-refractivity contribution in [3.05, 3.63) is 125 Å². The van der Waals surface area contributed by atoms with Gasteiger partial charge in [-0.1, -0.05) is 64.2 Å². The smallest absolute Gasteiger partial charge is 0.271 e. The van der Waals surface area contributed by atoms with Crippen LogP contribution in [0, 0.1) is 6.92 Å². The molecule has 43 heavy (non-hydrogen) atoms. The van der Waals surface area contributed by atoms with Crippen LogP contribution >= 0.6 is 27.3 Å². The summed E-state index contributed by atoms with van der Waals surface area (Å²) < 4.78 is 19.7. The predicted molar refractivity (Wildman–Crippen MR) is 173 cm³/mol. The minimum Gasteiger partial charge on any atom is -0.493 e. The van der Waals surface area contributed by atoms with Crippen LogP contribution in [0.4, 0.5) is 5.69 Å². The van der Waals surface area contributed by atoms with E-state index in [0.717, 1.165) is 15.6 Å². The second-order valence-corrected chi connectivity index (χ2v) is 11.7. The largest absolute Gasteiger partial charge is 0.493 e. The van der Waals surface area contributed by atoms with E-state index in [1.165, 1.54) is 11.3 Å². The quantitative estimate of drug-likeness (QED) is 0.239. The van der Waals surface area contributed by atoms with Crippen LogP contribution in [-0.2, 0) is 4.79 Å². The molecule has 0 unspecified atom stereocenters. The van der Waals surface area contributed by atoms with Gasteiger partial charge in [0, 0.05) is 15.7 Å². The monoisotopic (exact) mass is 659 g/mol. The Morgan fingerprint density at radius 1 is 1.07 bits per heavy atom. The van der Waals surface area contributed by atoms with Crippen molar-refractivity contribution in [1.29, 1.82) is 0 Å². The summed E-state index contributed by atoms with van der Waals surface area (Å²) in [6, 6.07) is 17.7. The van der Waals surface area contributed by atoms with Crippen LogP contribution in [0.25, 0.3) is 6.08 Å². The van der Waals surface area contributed by atoms with Gasteiger partial charge in [0.1, 0.15) is 12.4 Å². The summed E-state index contributed by atoms with van der Waals surface area (Å²) in [5.74, 6) is 1.28. The number of nitrogens with one attached hydrogen (secondary N) is 1. The van der Waals surface area contributed by atoms with Crippen LogP contribution in [0.15, 0.2) is 98.8 Å². The highest BCUT2D eigenvalue weighted by Gasteiger charge is 2.33. The third-order valence-electron chi connectivity index (χ3n) is 7.00. The van der Waals surface area contributed by atoms with Gasteiger partial charge in [-0.25, -0.2) is 4.99 Å². The highest BCUT2D eigenvalue weighted by molar-refractivity contribution is 9.10. The number of nitrogens with zero attached hydrogens (tertiary/aromatic N) is 2. The number of thiazole rings is 1. The molecule has 1 amide bonds. The number of ether oxygens (including phenoxy) is 3. The molecule has 0 saturated heterocycles. The molecule has 5 rings (SSSR count). The van der Waals surface area contributed by atoms with Crippen LogP contribution < -0.4 is 34.4 Å². The molecule has 220 valence electrons. The van der Waals surface area contributed by atoms with E-state index >= 15 is 0 Å². The summed E-state index contributed by atoms with van der Waals surface area (Å²) in [6.07, 6.45) is 3.44. The van der Waals surface area contributed by atoms with Gasteiger partial charge in [0.25, 0.3) is 11.5 Å². The summed E-state index contributed by atoms with van der Waals surface area (Å²) in [7, 11) is 3.10. The second-order valence-electron chi connectivity index (χ2n) is 9.75. The number of methoxy groups -OCH3 is 2. The molecule has 0 saturated carbocycles. The van der Waals surface area contributed by atoms with Crippen molar-refractivity contribution in [3.8, 4) is 17.2 Å². The summed E-state index contributed by atoms with van der Waals surface area (Å²) >= 11 is 4.77. The lowest BCUT2D eigenvalue weighted by Gasteiger charge is -2.26. The molecule has 1 N–H and O–H groups in total. The molecule has 0 radical (unpaired) electrons. The van der Waals surface area contributed by atoms with Crippen LogP contribution in [0.3, 0.4) is 0 Å². The molecule has 1 aliphatic heterocycles. The van der Waals surface area contributed by atoms with Crippen LogP contribution in [0.2, 0.25) is 0 Å². The minimum atomic E-state index is -0.777. The van der Waals surface area contributed by atoms with Crippen molar-refractivity contribution >= 4 is 44.9 Å². The van der Waals surface area contributed by atoms with Crippen molar-refractivity contribution < 1.29 is 19.0 Å². The Hall–Kier alpha value is -4.41. The fraction of sp³-hybridized carbons (Fsp3) is 0.182. The summed E-state index contributed by atoms with van der Waals surface area (Å²) in [5.41, 5.74) is 3.57. The average molecular weight is 661 g/mol. The highest BCUT2D eigenvalue weighted by atomic mass is 79.9. The topological polar surface area (TPSA) is 91.1 Å². The number of aryl methyl sites for hydroxylation is 1. The number of hydrogen-bond donors (Lipinski definition) is 1. The normalized spacial score (nSPS) is 14.5. The molecule has 0 aliphatic carbocycles. The molecule has 8 nitrogen and oxygen atoms in total. The Morgan fingerprint density at radius 2 is 1.81 bits per heavy atom. The van der Waals surface area contributed by atoms with E-state index in [0.29, 0.717) is 55.7 Å². The molecule has 1 aliphatic rings. The van der Waals surface area contributed by atoms with E-state index in [1.54, 1.807) is 50.0 Å². The Morgan fingerprint density at radius 3 is 2.53 bits per heavy atom. The zero-order chi connectivity index (χ0) is 30.7. The summed E-state index contributed by atoms with van der Waals surface area (Å²) in [4.78, 5) is 33.4. The number of hydrogen-bond acceptors (Lipinski definition) is 7. The number of amides is 1. The lowest BCUT2D eigenvalue weighted by Crippen LogP contribution is -2.40. The van der Waals surface area contributed by atoms with E-state index in [-0.39, 0.29) is 11.5 Å². The molecule has 10 heteroatoms. The Labute approximate surface area is 261 Å². The number of halogens is 1. The molecule has 1 aromatic heterocycles. The maximum atomic E-state index is 14.2. The number of aromatic nitrogens is 1. The number of benzene rings is 3. The van der Waals surface area contributed by atoms with Crippen LogP contribution in [0.5, 0.6) is 17.2 Å². The fourth-order valence-electron chi connectivity index (χ4n) is 4.91. The fourth-order valence-corrected chi connectivity index (χ4v) is 6.32. The number of carbonyl (C=O) groups excluding carboxylic acids is 1. The first-order valence-corrected chi connectivity index (χ1v) is 15.0. The second kappa shape index (κ2) is 12.8. The standard InChI is InChI=1S/C33H30BrN3O5S/c1-6-15-42-25-14-12-23(34)16-22(25)18-28-32(39)37-30(21-11-13-26(40-4)27(17-21)41-5)29(20(3)35-33(37)43-28)31(38)36-24-10-8-7-9-19(24)2/h6-14,16-18,30H,1,15H2,2-5H3,(H,36,38)/b28-18-/t30-/m0/s1. The molecule has 0 fully saturated rings. The average Bonchev–Trinajstić information content (AvgIpc) is 3.30. The van der Waals surface area contributed by atoms with E-state index in [2.05, 4.69) is 27.8 Å². The van der Waals surface area contributed by atoms with Crippen molar-refractivity contribution in [2.24, 2.45) is 4.99 Å². The molecule has 4 aromatic rings. The third-order valence-corrected chi connectivity index (χ3v) is 8.47. The van der Waals surface area contributed by atoms with Gasteiger partial charge in [-0.3, -0.25) is 14.2 Å². The van der Waals surface area contributed by atoms with Crippen LogP contribution in [-0.4, -0.2) is 31.3 Å². The van der Waals surface area contributed by atoms with Crippen molar-refractivity contribution in [2.45, 2.75) is 19.9 Å². The molecule has 1 atom stereocenters. The maximum absolute atomic E-state index is 14.2. The van der Waals surface area contributed by atoms with Crippen molar-refractivity contribution in [1.82, 2.24) is 4.57 Å². The molecular weight excluding hydrogens is 630 g/mol. The van der Waals surface area contributed by atoms with Crippen LogP contribution in [0.1, 0.15) is 29.7 Å². The number of para-hydroxylation sites is 1. The highest BCUT2D eigenvalue weighted by Crippen LogP contribution is 2.36. The van der Waals surface area contributed by atoms with Crippen molar-refractivity contribution in [2.75, 3.05) is 26.1 Å².